The largest absolute Gasteiger partial charge is 0.344 e. The van der Waals surface area contributed by atoms with Crippen LogP contribution in [0.25, 0.3) is 22.0 Å². The predicted molar refractivity (Wildman–Crippen MR) is 202 cm³/mol. The van der Waals surface area contributed by atoms with Crippen LogP contribution in [0.4, 0.5) is 5.69 Å². The van der Waals surface area contributed by atoms with Gasteiger partial charge in [0.15, 0.2) is 0 Å². The summed E-state index contributed by atoms with van der Waals surface area (Å²) in [5.74, 6) is -0.361. The van der Waals surface area contributed by atoms with Crippen molar-refractivity contribution < 1.29 is 18.0 Å². The van der Waals surface area contributed by atoms with Gasteiger partial charge in [0.1, 0.15) is 6.04 Å². The number of aromatic nitrogens is 2. The Kier molecular flexibility index (Phi) is 12.1. The van der Waals surface area contributed by atoms with Crippen LogP contribution in [0.1, 0.15) is 42.4 Å². The number of H-pyrrole nitrogens is 2. The number of anilines is 1. The summed E-state index contributed by atoms with van der Waals surface area (Å²) >= 11 is 0. The van der Waals surface area contributed by atoms with E-state index in [1.54, 1.807) is 36.4 Å². The SMILES string of the molecule is Cc1ccc(S(=O)(=O)NCc2ccccc2)cc1-c1cccc(C[C@H](NC(=O)[C@H]2CC[C@H](CN)CC2)C(=O)Nc2ccc3c(=O)[nH][nH]c3c2)c1.Cl. The second-order valence-electron chi connectivity index (χ2n) is 13.0. The van der Waals surface area contributed by atoms with Crippen LogP contribution in [0.2, 0.25) is 0 Å². The number of carbonyl (C=O) groups excluding carboxylic acids is 2. The van der Waals surface area contributed by atoms with Crippen molar-refractivity contribution in [3.8, 4) is 11.1 Å². The standard InChI is InChI=1S/C38H42N6O5S.ClH/c1-24-10-16-31(50(48,49)40-23-26-6-3-2-4-7-26)21-33(24)29-9-5-8-27(18-29)19-35(42-36(45)28-13-11-25(22-39)12-14-28)38(47)41-30-15-17-32-34(20-30)43-44-37(32)46;/h2-10,15-18,20-21,25,28,35,40H,11-14,19,22-23,39H2,1H3,(H,41,47)(H,42,45)(H2,43,44,46);1H/t25-,28-,35-;/m0./s1. The van der Waals surface area contributed by atoms with Crippen molar-refractivity contribution in [1.82, 2.24) is 20.2 Å². The highest BCUT2D eigenvalue weighted by atomic mass is 35.5. The third kappa shape index (κ3) is 9.14. The van der Waals surface area contributed by atoms with E-state index in [2.05, 4.69) is 25.6 Å². The van der Waals surface area contributed by atoms with Crippen molar-refractivity contribution in [3.05, 3.63) is 118 Å². The maximum Gasteiger partial charge on any atom is 0.271 e. The summed E-state index contributed by atoms with van der Waals surface area (Å²) in [4.78, 5) is 39.4. The molecule has 268 valence electrons. The minimum atomic E-state index is -3.80. The van der Waals surface area contributed by atoms with E-state index < -0.39 is 22.0 Å². The quantitative estimate of drug-likeness (QED) is 0.103. The Balaban J connectivity index is 0.00000504. The molecule has 1 aliphatic rings. The molecule has 4 aromatic carbocycles. The molecule has 7 N–H and O–H groups in total. The molecule has 2 amide bonds. The third-order valence-corrected chi connectivity index (χ3v) is 10.9. The lowest BCUT2D eigenvalue weighted by Gasteiger charge is -2.28. The van der Waals surface area contributed by atoms with Crippen molar-refractivity contribution in [2.75, 3.05) is 11.9 Å². The topological polar surface area (TPSA) is 179 Å². The normalized spacial score (nSPS) is 16.6. The number of hydrogen-bond acceptors (Lipinski definition) is 6. The second kappa shape index (κ2) is 16.5. The molecule has 0 saturated heterocycles. The summed E-state index contributed by atoms with van der Waals surface area (Å²) in [5.41, 5.74) is 10.7. The zero-order chi connectivity index (χ0) is 35.3. The Hall–Kier alpha value is -4.75. The number of aromatic amines is 2. The Morgan fingerprint density at radius 2 is 1.63 bits per heavy atom. The lowest BCUT2D eigenvalue weighted by atomic mass is 9.81. The second-order valence-corrected chi connectivity index (χ2v) is 14.8. The van der Waals surface area contributed by atoms with Gasteiger partial charge < -0.3 is 16.4 Å². The molecule has 1 saturated carbocycles. The monoisotopic (exact) mass is 730 g/mol. The molecule has 11 nitrogen and oxygen atoms in total. The van der Waals surface area contributed by atoms with E-state index in [1.807, 2.05) is 61.5 Å². The zero-order valence-corrected chi connectivity index (χ0v) is 29.9. The Morgan fingerprint density at radius 1 is 0.882 bits per heavy atom. The lowest BCUT2D eigenvalue weighted by molar-refractivity contribution is -0.130. The number of nitrogens with one attached hydrogen (secondary N) is 5. The van der Waals surface area contributed by atoms with Crippen LogP contribution in [0.5, 0.6) is 0 Å². The van der Waals surface area contributed by atoms with Crippen molar-refractivity contribution in [2.45, 2.75) is 56.5 Å². The molecule has 1 aliphatic carbocycles. The minimum absolute atomic E-state index is 0. The number of benzene rings is 4. The first-order chi connectivity index (χ1) is 24.1. The molecule has 1 heterocycles. The molecule has 0 bridgehead atoms. The van der Waals surface area contributed by atoms with Gasteiger partial charge in [0.05, 0.1) is 15.8 Å². The summed E-state index contributed by atoms with van der Waals surface area (Å²) in [6, 6.07) is 26.0. The van der Waals surface area contributed by atoms with Gasteiger partial charge in [-0.3, -0.25) is 24.6 Å². The van der Waals surface area contributed by atoms with E-state index in [-0.39, 0.29) is 47.7 Å². The van der Waals surface area contributed by atoms with E-state index in [1.165, 1.54) is 0 Å². The highest BCUT2D eigenvalue weighted by molar-refractivity contribution is 7.89. The number of fused-ring (bicyclic) bond motifs is 1. The molecule has 0 radical (unpaired) electrons. The van der Waals surface area contributed by atoms with E-state index >= 15 is 0 Å². The Labute approximate surface area is 303 Å². The molecule has 1 aromatic heterocycles. The molecule has 51 heavy (non-hydrogen) atoms. The van der Waals surface area contributed by atoms with Gasteiger partial charge in [0.2, 0.25) is 21.8 Å². The van der Waals surface area contributed by atoms with Crippen molar-refractivity contribution >= 4 is 50.8 Å². The van der Waals surface area contributed by atoms with Crippen molar-refractivity contribution in [2.24, 2.45) is 17.6 Å². The molecule has 1 fully saturated rings. The van der Waals surface area contributed by atoms with Gasteiger partial charge in [-0.2, -0.15) is 0 Å². The van der Waals surface area contributed by atoms with E-state index in [0.29, 0.717) is 41.9 Å². The maximum absolute atomic E-state index is 13.8. The lowest BCUT2D eigenvalue weighted by Crippen LogP contribution is -2.48. The predicted octanol–water partition coefficient (Wildman–Crippen LogP) is 5.16. The summed E-state index contributed by atoms with van der Waals surface area (Å²) in [5, 5.41) is 11.7. The number of halogens is 1. The molecule has 5 aromatic rings. The average Bonchev–Trinajstić information content (AvgIpc) is 3.50. The highest BCUT2D eigenvalue weighted by Gasteiger charge is 2.29. The summed E-state index contributed by atoms with van der Waals surface area (Å²) in [7, 11) is -3.80. The first-order valence-electron chi connectivity index (χ1n) is 16.8. The van der Waals surface area contributed by atoms with Gasteiger partial charge in [-0.05, 0) is 103 Å². The average molecular weight is 731 g/mol. The van der Waals surface area contributed by atoms with Gasteiger partial charge in [-0.25, -0.2) is 13.1 Å². The van der Waals surface area contributed by atoms with Gasteiger partial charge in [-0.15, -0.1) is 12.4 Å². The summed E-state index contributed by atoms with van der Waals surface area (Å²) < 4.78 is 29.2. The number of hydrogen-bond donors (Lipinski definition) is 6. The van der Waals surface area contributed by atoms with Crippen LogP contribution in [0.3, 0.4) is 0 Å². The molecule has 6 rings (SSSR count). The maximum atomic E-state index is 13.8. The van der Waals surface area contributed by atoms with Crippen LogP contribution < -0.4 is 26.6 Å². The number of aryl methyl sites for hydroxylation is 1. The number of rotatable bonds is 12. The van der Waals surface area contributed by atoms with Gasteiger partial charge in [0.25, 0.3) is 5.56 Å². The van der Waals surface area contributed by atoms with Gasteiger partial charge in [0, 0.05) is 24.6 Å². The van der Waals surface area contributed by atoms with Crippen LogP contribution in [0, 0.1) is 18.8 Å². The number of nitrogens with two attached hydrogens (primary N) is 1. The van der Waals surface area contributed by atoms with Crippen LogP contribution in [-0.4, -0.2) is 43.0 Å². The first kappa shape index (κ1) is 37.5. The van der Waals surface area contributed by atoms with Crippen molar-refractivity contribution in [1.29, 1.82) is 0 Å². The molecule has 0 unspecified atom stereocenters. The molecule has 0 aliphatic heterocycles. The minimum Gasteiger partial charge on any atom is -0.344 e. The molecular weight excluding hydrogens is 688 g/mol. The number of carbonyl (C=O) groups is 2. The Bertz CT molecular complexity index is 2160. The molecule has 13 heteroatoms. The highest BCUT2D eigenvalue weighted by Crippen LogP contribution is 2.30. The van der Waals surface area contributed by atoms with Gasteiger partial charge in [-0.1, -0.05) is 60.7 Å². The molecule has 1 atom stereocenters. The van der Waals surface area contributed by atoms with Crippen LogP contribution >= 0.6 is 12.4 Å². The van der Waals surface area contributed by atoms with Crippen LogP contribution in [0.15, 0.2) is 101 Å². The fraction of sp³-hybridized carbons (Fsp3) is 0.289. The fourth-order valence-corrected chi connectivity index (χ4v) is 7.59. The molecular formula is C38H43ClN6O5S. The first-order valence-corrected chi connectivity index (χ1v) is 18.3. The Morgan fingerprint density at radius 3 is 2.37 bits per heavy atom. The zero-order valence-electron chi connectivity index (χ0n) is 28.3. The number of sulfonamides is 1. The van der Waals surface area contributed by atoms with E-state index in [0.717, 1.165) is 40.7 Å². The summed E-state index contributed by atoms with van der Waals surface area (Å²) in [6.07, 6.45) is 3.38. The fourth-order valence-electron chi connectivity index (χ4n) is 6.54. The van der Waals surface area contributed by atoms with E-state index in [4.69, 9.17) is 5.73 Å². The van der Waals surface area contributed by atoms with Crippen molar-refractivity contribution in [3.63, 3.8) is 0 Å². The summed E-state index contributed by atoms with van der Waals surface area (Å²) in [6.45, 7) is 2.69. The van der Waals surface area contributed by atoms with E-state index in [9.17, 15) is 22.8 Å². The molecule has 0 spiro atoms. The van der Waals surface area contributed by atoms with Gasteiger partial charge >= 0.3 is 0 Å². The third-order valence-electron chi connectivity index (χ3n) is 9.53. The smallest absolute Gasteiger partial charge is 0.271 e. The van der Waals surface area contributed by atoms with Crippen LogP contribution in [-0.2, 0) is 32.6 Å². The number of amides is 2.